The van der Waals surface area contributed by atoms with E-state index in [0.717, 1.165) is 13.1 Å². The lowest BCUT2D eigenvalue weighted by atomic mass is 10.4. The van der Waals surface area contributed by atoms with Crippen LogP contribution >= 0.6 is 0 Å². The minimum absolute atomic E-state index is 0.145. The molecule has 2 N–H and O–H groups in total. The zero-order valence-electron chi connectivity index (χ0n) is 9.05. The maximum Gasteiger partial charge on any atom is 0.242 e. The quantitative estimate of drug-likeness (QED) is 0.751. The molecule has 2 aliphatic rings. The van der Waals surface area contributed by atoms with Gasteiger partial charge in [-0.15, -0.1) is 0 Å². The maximum atomic E-state index is 12.0. The van der Waals surface area contributed by atoms with Crippen molar-refractivity contribution in [3.8, 4) is 0 Å². The van der Waals surface area contributed by atoms with E-state index >= 15 is 0 Å². The van der Waals surface area contributed by atoms with Gasteiger partial charge in [0.1, 0.15) is 0 Å². The topological polar surface area (TPSA) is 63.1 Å². The number of fused-ring (bicyclic) bond motifs is 1. The molecule has 5 nitrogen and oxygen atoms in total. The molecule has 0 radical (unpaired) electrons. The van der Waals surface area contributed by atoms with Gasteiger partial charge in [0.25, 0.3) is 0 Å². The zero-order valence-corrected chi connectivity index (χ0v) is 9.87. The van der Waals surface area contributed by atoms with Gasteiger partial charge in [-0.2, -0.15) is 0 Å². The van der Waals surface area contributed by atoms with Crippen LogP contribution in [-0.4, -0.2) is 32.1 Å². The third-order valence-corrected chi connectivity index (χ3v) is 4.94. The van der Waals surface area contributed by atoms with Crippen molar-refractivity contribution in [1.82, 2.24) is 14.6 Å². The van der Waals surface area contributed by atoms with E-state index in [2.05, 4.69) is 10.0 Å². The van der Waals surface area contributed by atoms with E-state index in [1.54, 1.807) is 23.0 Å². The van der Waals surface area contributed by atoms with Crippen LogP contribution in [0.15, 0.2) is 23.4 Å². The molecule has 2 atom stereocenters. The Hall–Kier alpha value is -0.850. The first-order chi connectivity index (χ1) is 7.58. The molecule has 16 heavy (non-hydrogen) atoms. The summed E-state index contributed by atoms with van der Waals surface area (Å²) in [5, 5.41) is 3.24. The molecule has 0 amide bonds. The first kappa shape index (κ1) is 10.3. The standard InChI is InChI=1S/C10H15N3O2S/c1-13-3-2-7(6-13)16(14,15)12-10-8-4-11-5-9(8)10/h2-3,6,8-12H,4-5H2,1H3. The summed E-state index contributed by atoms with van der Waals surface area (Å²) < 4.78 is 28.5. The monoisotopic (exact) mass is 241 g/mol. The Bertz CT molecular complexity index is 498. The number of nitrogens with zero attached hydrogens (tertiary/aromatic N) is 1. The van der Waals surface area contributed by atoms with Crippen LogP contribution in [0.1, 0.15) is 0 Å². The number of piperidine rings is 1. The molecule has 2 fully saturated rings. The van der Waals surface area contributed by atoms with E-state index < -0.39 is 10.0 Å². The lowest BCUT2D eigenvalue weighted by Crippen LogP contribution is -2.32. The third-order valence-electron chi connectivity index (χ3n) is 3.50. The van der Waals surface area contributed by atoms with Crippen LogP contribution < -0.4 is 10.0 Å². The molecule has 1 aromatic rings. The van der Waals surface area contributed by atoms with Gasteiger partial charge in [0, 0.05) is 25.5 Å². The summed E-state index contributed by atoms with van der Waals surface area (Å²) in [5.74, 6) is 0.997. The van der Waals surface area contributed by atoms with Gasteiger partial charge in [0.05, 0.1) is 4.90 Å². The van der Waals surface area contributed by atoms with Crippen LogP contribution in [0.2, 0.25) is 0 Å². The number of hydrogen-bond donors (Lipinski definition) is 2. The van der Waals surface area contributed by atoms with Gasteiger partial charge in [-0.3, -0.25) is 0 Å². The predicted molar refractivity (Wildman–Crippen MR) is 59.4 cm³/mol. The average Bonchev–Trinajstić information content (AvgIpc) is 2.68. The third kappa shape index (κ3) is 1.57. The van der Waals surface area contributed by atoms with Crippen LogP contribution in [0.5, 0.6) is 0 Å². The van der Waals surface area contributed by atoms with E-state index in [4.69, 9.17) is 0 Å². The van der Waals surface area contributed by atoms with Crippen molar-refractivity contribution in [2.75, 3.05) is 13.1 Å². The highest BCUT2D eigenvalue weighted by Crippen LogP contribution is 2.42. The van der Waals surface area contributed by atoms with E-state index in [0.29, 0.717) is 16.7 Å². The molecule has 6 heteroatoms. The minimum Gasteiger partial charge on any atom is -0.356 e. The Morgan fingerprint density at radius 2 is 2.12 bits per heavy atom. The molecular formula is C10H15N3O2S. The number of aryl methyl sites for hydroxylation is 1. The lowest BCUT2D eigenvalue weighted by Gasteiger charge is -2.07. The molecular weight excluding hydrogens is 226 g/mol. The average molecular weight is 241 g/mol. The van der Waals surface area contributed by atoms with Gasteiger partial charge in [0.2, 0.25) is 10.0 Å². The van der Waals surface area contributed by atoms with Crippen molar-refractivity contribution in [2.45, 2.75) is 10.9 Å². The summed E-state index contributed by atoms with van der Waals surface area (Å²) in [4.78, 5) is 0.355. The molecule has 1 saturated heterocycles. The number of sulfonamides is 1. The molecule has 1 aromatic heterocycles. The molecule has 1 saturated carbocycles. The highest BCUT2D eigenvalue weighted by molar-refractivity contribution is 7.89. The SMILES string of the molecule is Cn1ccc(S(=O)(=O)NC2C3CNCC32)c1. The summed E-state index contributed by atoms with van der Waals surface area (Å²) in [7, 11) is -1.50. The minimum atomic E-state index is -3.32. The summed E-state index contributed by atoms with van der Waals surface area (Å²) in [6, 6.07) is 1.77. The van der Waals surface area contributed by atoms with Crippen LogP contribution in [0.3, 0.4) is 0 Å². The van der Waals surface area contributed by atoms with Gasteiger partial charge in [-0.25, -0.2) is 13.1 Å². The van der Waals surface area contributed by atoms with Crippen molar-refractivity contribution < 1.29 is 8.42 Å². The summed E-state index contributed by atoms with van der Waals surface area (Å²) in [5.41, 5.74) is 0. The van der Waals surface area contributed by atoms with Gasteiger partial charge in [0.15, 0.2) is 0 Å². The number of aromatic nitrogens is 1. The number of hydrogen-bond acceptors (Lipinski definition) is 3. The first-order valence-corrected chi connectivity index (χ1v) is 6.91. The van der Waals surface area contributed by atoms with E-state index in [1.807, 2.05) is 7.05 Å². The Morgan fingerprint density at radius 3 is 2.69 bits per heavy atom. The molecule has 1 aliphatic carbocycles. The van der Waals surface area contributed by atoms with Crippen molar-refractivity contribution in [1.29, 1.82) is 0 Å². The molecule has 1 aliphatic heterocycles. The Kier molecular flexibility index (Phi) is 2.14. The fraction of sp³-hybridized carbons (Fsp3) is 0.600. The molecule has 3 rings (SSSR count). The Balaban J connectivity index is 1.75. The number of nitrogens with one attached hydrogen (secondary N) is 2. The zero-order chi connectivity index (χ0) is 11.3. The van der Waals surface area contributed by atoms with Crippen LogP contribution in [0, 0.1) is 11.8 Å². The molecule has 0 aromatic carbocycles. The predicted octanol–water partition coefficient (Wildman–Crippen LogP) is -0.479. The normalized spacial score (nSPS) is 32.7. The molecule has 2 heterocycles. The molecule has 0 spiro atoms. The van der Waals surface area contributed by atoms with Crippen LogP contribution in [-0.2, 0) is 17.1 Å². The second-order valence-electron chi connectivity index (χ2n) is 4.65. The molecule has 2 unspecified atom stereocenters. The highest BCUT2D eigenvalue weighted by Gasteiger charge is 2.54. The van der Waals surface area contributed by atoms with E-state index in [1.165, 1.54) is 0 Å². The smallest absolute Gasteiger partial charge is 0.242 e. The maximum absolute atomic E-state index is 12.0. The molecule has 88 valence electrons. The summed E-state index contributed by atoms with van der Waals surface area (Å²) >= 11 is 0. The van der Waals surface area contributed by atoms with Crippen molar-refractivity contribution in [2.24, 2.45) is 18.9 Å². The fourth-order valence-corrected chi connectivity index (χ4v) is 3.87. The Morgan fingerprint density at radius 1 is 1.44 bits per heavy atom. The first-order valence-electron chi connectivity index (χ1n) is 5.43. The number of rotatable bonds is 3. The van der Waals surface area contributed by atoms with E-state index in [9.17, 15) is 8.42 Å². The second kappa shape index (κ2) is 3.32. The second-order valence-corrected chi connectivity index (χ2v) is 6.36. The van der Waals surface area contributed by atoms with Gasteiger partial charge in [-0.1, -0.05) is 0 Å². The van der Waals surface area contributed by atoms with Crippen molar-refractivity contribution in [3.63, 3.8) is 0 Å². The van der Waals surface area contributed by atoms with E-state index in [-0.39, 0.29) is 6.04 Å². The largest absolute Gasteiger partial charge is 0.356 e. The Labute approximate surface area is 94.9 Å². The van der Waals surface area contributed by atoms with Gasteiger partial charge in [-0.05, 0) is 31.0 Å². The lowest BCUT2D eigenvalue weighted by molar-refractivity contribution is 0.565. The summed E-state index contributed by atoms with van der Waals surface area (Å²) in [6.07, 6.45) is 3.36. The van der Waals surface area contributed by atoms with Crippen LogP contribution in [0.4, 0.5) is 0 Å². The van der Waals surface area contributed by atoms with Crippen molar-refractivity contribution >= 4 is 10.0 Å². The van der Waals surface area contributed by atoms with Gasteiger partial charge < -0.3 is 9.88 Å². The summed E-state index contributed by atoms with van der Waals surface area (Å²) in [6.45, 7) is 1.87. The fourth-order valence-electron chi connectivity index (χ4n) is 2.48. The van der Waals surface area contributed by atoms with Crippen molar-refractivity contribution in [3.05, 3.63) is 18.5 Å². The molecule has 0 bridgehead atoms. The van der Waals surface area contributed by atoms with Crippen LogP contribution in [0.25, 0.3) is 0 Å². The highest BCUT2D eigenvalue weighted by atomic mass is 32.2. The van der Waals surface area contributed by atoms with Gasteiger partial charge >= 0.3 is 0 Å².